The van der Waals surface area contributed by atoms with E-state index in [0.717, 1.165) is 13.2 Å². The van der Waals surface area contributed by atoms with Gasteiger partial charge >= 0.3 is 5.97 Å². The third-order valence-corrected chi connectivity index (χ3v) is 7.59. The summed E-state index contributed by atoms with van der Waals surface area (Å²) in [6.07, 6.45) is 0. The lowest BCUT2D eigenvalue weighted by atomic mass is 10.2. The van der Waals surface area contributed by atoms with E-state index in [-0.39, 0.29) is 27.4 Å². The summed E-state index contributed by atoms with van der Waals surface area (Å²) in [7, 11) is -6.57. The predicted octanol–water partition coefficient (Wildman–Crippen LogP) is 3.59. The second-order valence-electron chi connectivity index (χ2n) is 5.77. The van der Waals surface area contributed by atoms with Gasteiger partial charge in [0, 0.05) is 0 Å². The minimum absolute atomic E-state index is 0.00129. The second-order valence-corrected chi connectivity index (χ2v) is 9.33. The van der Waals surface area contributed by atoms with E-state index in [0.29, 0.717) is 3.97 Å². The molecule has 11 heteroatoms. The topological polar surface area (TPSA) is 91.7 Å². The molecule has 0 aliphatic carbocycles. The first-order chi connectivity index (χ1) is 13.8. The van der Waals surface area contributed by atoms with Crippen LogP contribution in [0.2, 0.25) is 5.02 Å². The number of ether oxygens (including phenoxy) is 1. The van der Waals surface area contributed by atoms with Crippen molar-refractivity contribution in [3.8, 4) is 0 Å². The van der Waals surface area contributed by atoms with Crippen molar-refractivity contribution in [2.45, 2.75) is 11.8 Å². The van der Waals surface area contributed by atoms with Gasteiger partial charge in [0.05, 0.1) is 39.8 Å². The molecular weight excluding hydrogens is 444 g/mol. The van der Waals surface area contributed by atoms with Crippen LogP contribution < -0.4 is 5.30 Å². The van der Waals surface area contributed by atoms with Crippen LogP contribution in [-0.4, -0.2) is 32.1 Å². The maximum absolute atomic E-state index is 14.9. The fourth-order valence-electron chi connectivity index (χ4n) is 2.92. The van der Waals surface area contributed by atoms with Gasteiger partial charge in [-0.3, -0.25) is 4.57 Å². The Morgan fingerprint density at radius 2 is 1.86 bits per heavy atom. The molecule has 0 N–H and O–H groups in total. The van der Waals surface area contributed by atoms with Crippen LogP contribution in [0.15, 0.2) is 47.4 Å². The van der Waals surface area contributed by atoms with Gasteiger partial charge in [0.15, 0.2) is 11.5 Å². The van der Waals surface area contributed by atoms with Crippen molar-refractivity contribution in [1.82, 2.24) is 3.97 Å². The highest BCUT2D eigenvalue weighted by molar-refractivity contribution is 7.90. The summed E-state index contributed by atoms with van der Waals surface area (Å²) in [6.45, 7) is 1.56. The molecular formula is C18H16ClFNO6PS. The van der Waals surface area contributed by atoms with E-state index in [1.54, 1.807) is 13.0 Å². The minimum atomic E-state index is -4.38. The van der Waals surface area contributed by atoms with Gasteiger partial charge in [-0.25, -0.2) is 21.6 Å². The number of fused-ring (bicyclic) bond motifs is 1. The van der Waals surface area contributed by atoms with E-state index < -0.39 is 40.8 Å². The van der Waals surface area contributed by atoms with Crippen LogP contribution in [-0.2, 0) is 23.8 Å². The number of nitrogens with zero attached hydrogens (tertiary/aromatic N) is 1. The summed E-state index contributed by atoms with van der Waals surface area (Å²) in [4.78, 5) is 12.4. The Labute approximate surface area is 171 Å². The molecule has 0 fully saturated rings. The SMILES string of the molecule is CCO[PH](=O)c1c(C(=O)OC)n(S(=O)(=O)c2ccccc2)c2ccc(Cl)c(F)c12. The molecule has 3 aromatic rings. The van der Waals surface area contributed by atoms with Crippen LogP contribution in [0.5, 0.6) is 0 Å². The number of hydrogen-bond donors (Lipinski definition) is 0. The lowest BCUT2D eigenvalue weighted by Gasteiger charge is -2.11. The quantitative estimate of drug-likeness (QED) is 0.413. The van der Waals surface area contributed by atoms with Gasteiger partial charge in [0.25, 0.3) is 10.0 Å². The molecule has 7 nitrogen and oxygen atoms in total. The largest absolute Gasteiger partial charge is 0.464 e. The van der Waals surface area contributed by atoms with Gasteiger partial charge in [0.1, 0.15) is 0 Å². The maximum atomic E-state index is 14.9. The van der Waals surface area contributed by atoms with E-state index in [2.05, 4.69) is 0 Å². The van der Waals surface area contributed by atoms with Crippen LogP contribution in [0.1, 0.15) is 17.4 Å². The Hall–Kier alpha value is -2.19. The zero-order valence-electron chi connectivity index (χ0n) is 15.3. The Morgan fingerprint density at radius 3 is 2.45 bits per heavy atom. The monoisotopic (exact) mass is 459 g/mol. The summed E-state index contributed by atoms with van der Waals surface area (Å²) >= 11 is 5.87. The highest BCUT2D eigenvalue weighted by Gasteiger charge is 2.35. The molecule has 0 aliphatic heterocycles. The van der Waals surface area contributed by atoms with Crippen LogP contribution in [0.25, 0.3) is 10.9 Å². The number of rotatable bonds is 6. The number of carbonyl (C=O) groups excluding carboxylic acids is 1. The first-order valence-corrected chi connectivity index (χ1v) is 11.5. The third kappa shape index (κ3) is 3.59. The molecule has 154 valence electrons. The van der Waals surface area contributed by atoms with Crippen LogP contribution in [0, 0.1) is 5.82 Å². The van der Waals surface area contributed by atoms with Gasteiger partial charge in [-0.2, -0.15) is 0 Å². The molecule has 3 rings (SSSR count). The normalized spacial score (nSPS) is 12.8. The van der Waals surface area contributed by atoms with Crippen molar-refractivity contribution in [1.29, 1.82) is 0 Å². The second kappa shape index (κ2) is 8.28. The number of esters is 1. The van der Waals surface area contributed by atoms with Gasteiger partial charge in [-0.15, -0.1) is 0 Å². The molecule has 1 unspecified atom stereocenters. The van der Waals surface area contributed by atoms with Gasteiger partial charge in [0.2, 0.25) is 8.03 Å². The molecule has 1 atom stereocenters. The fourth-order valence-corrected chi connectivity index (χ4v) is 5.94. The van der Waals surface area contributed by atoms with Crippen molar-refractivity contribution in [2.75, 3.05) is 13.7 Å². The van der Waals surface area contributed by atoms with E-state index in [1.165, 1.54) is 30.3 Å². The molecule has 0 saturated heterocycles. The molecule has 2 aromatic carbocycles. The van der Waals surface area contributed by atoms with Crippen LogP contribution in [0.4, 0.5) is 4.39 Å². The van der Waals surface area contributed by atoms with E-state index in [9.17, 15) is 22.2 Å². The average molecular weight is 460 g/mol. The number of halogens is 2. The minimum Gasteiger partial charge on any atom is -0.464 e. The molecule has 0 radical (unpaired) electrons. The standard InChI is InChI=1S/C18H16ClFNO6PS/c1-3-27-28(23)17-14-13(10-9-12(19)15(14)20)21(16(17)18(22)26-2)29(24,25)11-7-5-4-6-8-11/h4-10,28H,3H2,1-2H3. The van der Waals surface area contributed by atoms with E-state index >= 15 is 0 Å². The summed E-state index contributed by atoms with van der Waals surface area (Å²) in [5.74, 6) is -2.12. The van der Waals surface area contributed by atoms with Crippen LogP contribution >= 0.6 is 19.6 Å². The third-order valence-electron chi connectivity index (χ3n) is 4.12. The molecule has 1 aromatic heterocycles. The number of hydrogen-bond acceptors (Lipinski definition) is 6. The van der Waals surface area contributed by atoms with Crippen LogP contribution in [0.3, 0.4) is 0 Å². The highest BCUT2D eigenvalue weighted by Crippen LogP contribution is 2.36. The Morgan fingerprint density at radius 1 is 1.21 bits per heavy atom. The fraction of sp³-hybridized carbons (Fsp3) is 0.167. The van der Waals surface area contributed by atoms with Crippen molar-refractivity contribution >= 4 is 51.8 Å². The van der Waals surface area contributed by atoms with Gasteiger partial charge < -0.3 is 9.26 Å². The Kier molecular flexibility index (Phi) is 6.14. The van der Waals surface area contributed by atoms with E-state index in [4.69, 9.17) is 20.9 Å². The van der Waals surface area contributed by atoms with Crippen molar-refractivity contribution in [3.63, 3.8) is 0 Å². The zero-order valence-corrected chi connectivity index (χ0v) is 17.9. The maximum Gasteiger partial charge on any atom is 0.356 e. The summed E-state index contributed by atoms with van der Waals surface area (Å²) in [5, 5.41) is -1.08. The zero-order chi connectivity index (χ0) is 21.3. The lowest BCUT2D eigenvalue weighted by molar-refractivity contribution is 0.0594. The number of benzene rings is 2. The molecule has 0 amide bonds. The molecule has 0 bridgehead atoms. The Bertz CT molecular complexity index is 1230. The van der Waals surface area contributed by atoms with Gasteiger partial charge in [-0.1, -0.05) is 29.8 Å². The van der Waals surface area contributed by atoms with Crippen molar-refractivity contribution < 1.29 is 31.4 Å². The average Bonchev–Trinajstić information content (AvgIpc) is 3.07. The smallest absolute Gasteiger partial charge is 0.356 e. The molecule has 0 saturated carbocycles. The first-order valence-electron chi connectivity index (χ1n) is 8.34. The molecule has 29 heavy (non-hydrogen) atoms. The number of aromatic nitrogens is 1. The van der Waals surface area contributed by atoms with Gasteiger partial charge in [-0.05, 0) is 31.2 Å². The number of carbonyl (C=O) groups is 1. The number of methoxy groups -OCH3 is 1. The summed E-state index contributed by atoms with van der Waals surface area (Å²) < 4.78 is 64.9. The predicted molar refractivity (Wildman–Crippen MR) is 108 cm³/mol. The summed E-state index contributed by atoms with van der Waals surface area (Å²) in [5.41, 5.74) is -0.797. The van der Waals surface area contributed by atoms with E-state index in [1.807, 2.05) is 0 Å². The molecule has 1 heterocycles. The van der Waals surface area contributed by atoms with Crippen molar-refractivity contribution in [3.05, 3.63) is 59.0 Å². The first kappa shape index (κ1) is 21.5. The lowest BCUT2D eigenvalue weighted by Crippen LogP contribution is -2.23. The van der Waals surface area contributed by atoms with Crippen molar-refractivity contribution in [2.24, 2.45) is 0 Å². The molecule has 0 spiro atoms. The Balaban J connectivity index is 2.55. The highest BCUT2D eigenvalue weighted by atomic mass is 35.5. The molecule has 0 aliphatic rings. The summed E-state index contributed by atoms with van der Waals surface area (Å²) in [6, 6.07) is 9.64.